The fourth-order valence-corrected chi connectivity index (χ4v) is 2.75. The van der Waals surface area contributed by atoms with E-state index in [-0.39, 0.29) is 0 Å². The van der Waals surface area contributed by atoms with Crippen molar-refractivity contribution in [1.29, 1.82) is 0 Å². The van der Waals surface area contributed by atoms with E-state index in [1.807, 2.05) is 7.05 Å². The summed E-state index contributed by atoms with van der Waals surface area (Å²) in [7, 11) is 1.99. The highest BCUT2D eigenvalue weighted by Crippen LogP contribution is 2.24. The lowest BCUT2D eigenvalue weighted by Crippen LogP contribution is -2.14. The van der Waals surface area contributed by atoms with Gasteiger partial charge in [-0.25, -0.2) is 0 Å². The molecule has 18 heavy (non-hydrogen) atoms. The molecule has 1 aliphatic rings. The summed E-state index contributed by atoms with van der Waals surface area (Å²) in [5.41, 5.74) is 2.67. The lowest BCUT2D eigenvalue weighted by atomic mass is 9.90. The zero-order valence-electron chi connectivity index (χ0n) is 11.5. The van der Waals surface area contributed by atoms with E-state index in [2.05, 4.69) is 29.6 Å². The minimum Gasteiger partial charge on any atom is -0.376 e. The average Bonchev–Trinajstić information content (AvgIpc) is 2.42. The quantitative estimate of drug-likeness (QED) is 0.830. The Morgan fingerprint density at radius 1 is 1.11 bits per heavy atom. The molecule has 1 aliphatic carbocycles. The van der Waals surface area contributed by atoms with Crippen LogP contribution in [0.15, 0.2) is 24.3 Å². The van der Waals surface area contributed by atoms with Gasteiger partial charge < -0.3 is 10.1 Å². The molecule has 0 amide bonds. The number of rotatable bonds is 6. The lowest BCUT2D eigenvalue weighted by Gasteiger charge is -2.21. The zero-order chi connectivity index (χ0) is 12.6. The van der Waals surface area contributed by atoms with Gasteiger partial charge in [-0.15, -0.1) is 0 Å². The maximum atomic E-state index is 5.92. The number of hydrogen-bond acceptors (Lipinski definition) is 2. The first-order valence-electron chi connectivity index (χ1n) is 7.19. The van der Waals surface area contributed by atoms with Gasteiger partial charge in [0.15, 0.2) is 0 Å². The Labute approximate surface area is 111 Å². The average molecular weight is 247 g/mol. The van der Waals surface area contributed by atoms with E-state index >= 15 is 0 Å². The molecule has 0 aliphatic heterocycles. The van der Waals surface area contributed by atoms with Crippen LogP contribution in [0.2, 0.25) is 0 Å². The van der Waals surface area contributed by atoms with Crippen LogP contribution in [0.3, 0.4) is 0 Å². The van der Waals surface area contributed by atoms with Gasteiger partial charge in [0.2, 0.25) is 0 Å². The first-order chi connectivity index (χ1) is 8.90. The van der Waals surface area contributed by atoms with Crippen molar-refractivity contribution < 1.29 is 4.74 Å². The standard InChI is InChI=1S/C16H25NO/c1-17-11-15-9-5-6-10-16(15)13-18-12-14-7-3-2-4-8-14/h5-6,9-10,14,17H,2-4,7-8,11-13H2,1H3. The fraction of sp³-hybridized carbons (Fsp3) is 0.625. The zero-order valence-corrected chi connectivity index (χ0v) is 11.5. The molecule has 0 atom stereocenters. The van der Waals surface area contributed by atoms with Crippen LogP contribution in [0.25, 0.3) is 0 Å². The smallest absolute Gasteiger partial charge is 0.0720 e. The van der Waals surface area contributed by atoms with Gasteiger partial charge in [-0.3, -0.25) is 0 Å². The summed E-state index contributed by atoms with van der Waals surface area (Å²) in [6.07, 6.45) is 6.92. The Kier molecular flexibility index (Phi) is 5.69. The van der Waals surface area contributed by atoms with Crippen molar-refractivity contribution in [1.82, 2.24) is 5.32 Å². The van der Waals surface area contributed by atoms with Gasteiger partial charge in [-0.05, 0) is 36.9 Å². The van der Waals surface area contributed by atoms with Crippen molar-refractivity contribution in [3.8, 4) is 0 Å². The van der Waals surface area contributed by atoms with Gasteiger partial charge in [0.1, 0.15) is 0 Å². The molecule has 2 rings (SSSR count). The molecule has 1 N–H and O–H groups in total. The van der Waals surface area contributed by atoms with Gasteiger partial charge in [0.25, 0.3) is 0 Å². The van der Waals surface area contributed by atoms with Gasteiger partial charge in [0, 0.05) is 13.2 Å². The molecule has 0 unspecified atom stereocenters. The third-order valence-corrected chi connectivity index (χ3v) is 3.82. The fourth-order valence-electron chi connectivity index (χ4n) is 2.75. The first-order valence-corrected chi connectivity index (χ1v) is 7.19. The van der Waals surface area contributed by atoms with Crippen LogP contribution in [0.5, 0.6) is 0 Å². The van der Waals surface area contributed by atoms with Crippen LogP contribution in [-0.4, -0.2) is 13.7 Å². The van der Waals surface area contributed by atoms with Crippen molar-refractivity contribution in [3.05, 3.63) is 35.4 Å². The Balaban J connectivity index is 1.78. The highest BCUT2D eigenvalue weighted by Gasteiger charge is 2.13. The SMILES string of the molecule is CNCc1ccccc1COCC1CCCCC1. The van der Waals surface area contributed by atoms with Crippen LogP contribution in [-0.2, 0) is 17.9 Å². The summed E-state index contributed by atoms with van der Waals surface area (Å²) < 4.78 is 5.92. The van der Waals surface area contributed by atoms with E-state index in [1.165, 1.54) is 43.2 Å². The molecule has 0 heterocycles. The summed E-state index contributed by atoms with van der Waals surface area (Å²) >= 11 is 0. The number of nitrogens with one attached hydrogen (secondary N) is 1. The molecule has 1 aromatic carbocycles. The molecule has 1 aromatic rings. The third kappa shape index (κ3) is 4.11. The Hall–Kier alpha value is -0.860. The van der Waals surface area contributed by atoms with Gasteiger partial charge in [0.05, 0.1) is 6.61 Å². The molecular weight excluding hydrogens is 222 g/mol. The van der Waals surface area contributed by atoms with Crippen molar-refractivity contribution in [2.45, 2.75) is 45.3 Å². The van der Waals surface area contributed by atoms with E-state index in [0.29, 0.717) is 0 Å². The highest BCUT2D eigenvalue weighted by atomic mass is 16.5. The maximum Gasteiger partial charge on any atom is 0.0720 e. The Morgan fingerprint density at radius 3 is 2.56 bits per heavy atom. The predicted molar refractivity (Wildman–Crippen MR) is 75.4 cm³/mol. The maximum absolute atomic E-state index is 5.92. The minimum absolute atomic E-state index is 0.758. The minimum atomic E-state index is 0.758. The number of benzene rings is 1. The van der Waals surface area contributed by atoms with Crippen molar-refractivity contribution in [3.63, 3.8) is 0 Å². The summed E-state index contributed by atoms with van der Waals surface area (Å²) in [5, 5.41) is 3.21. The van der Waals surface area contributed by atoms with E-state index in [9.17, 15) is 0 Å². The molecule has 100 valence electrons. The predicted octanol–water partition coefficient (Wildman–Crippen LogP) is 3.50. The largest absolute Gasteiger partial charge is 0.376 e. The molecule has 0 spiro atoms. The summed E-state index contributed by atoms with van der Waals surface area (Å²) in [6, 6.07) is 8.54. The van der Waals surface area contributed by atoms with Gasteiger partial charge in [-0.2, -0.15) is 0 Å². The summed E-state index contributed by atoms with van der Waals surface area (Å²) in [6.45, 7) is 2.62. The third-order valence-electron chi connectivity index (χ3n) is 3.82. The van der Waals surface area contributed by atoms with E-state index in [1.54, 1.807) is 0 Å². The van der Waals surface area contributed by atoms with Gasteiger partial charge in [-0.1, -0.05) is 43.5 Å². The topological polar surface area (TPSA) is 21.3 Å². The molecule has 2 nitrogen and oxygen atoms in total. The molecular formula is C16H25NO. The highest BCUT2D eigenvalue weighted by molar-refractivity contribution is 5.26. The first kappa shape index (κ1) is 13.6. The van der Waals surface area contributed by atoms with E-state index < -0.39 is 0 Å². The Morgan fingerprint density at radius 2 is 1.83 bits per heavy atom. The molecule has 0 aromatic heterocycles. The van der Waals surface area contributed by atoms with Gasteiger partial charge >= 0.3 is 0 Å². The molecule has 1 saturated carbocycles. The lowest BCUT2D eigenvalue weighted by molar-refractivity contribution is 0.0735. The monoisotopic (exact) mass is 247 g/mol. The second kappa shape index (κ2) is 7.55. The van der Waals surface area contributed by atoms with Crippen molar-refractivity contribution >= 4 is 0 Å². The Bertz CT molecular complexity index is 345. The second-order valence-corrected chi connectivity index (χ2v) is 5.32. The van der Waals surface area contributed by atoms with Crippen LogP contribution < -0.4 is 5.32 Å². The van der Waals surface area contributed by atoms with Crippen LogP contribution in [0, 0.1) is 5.92 Å². The van der Waals surface area contributed by atoms with Crippen LogP contribution in [0.1, 0.15) is 43.2 Å². The van der Waals surface area contributed by atoms with Crippen molar-refractivity contribution in [2.75, 3.05) is 13.7 Å². The molecule has 2 heteroatoms. The normalized spacial score (nSPS) is 16.9. The van der Waals surface area contributed by atoms with Crippen LogP contribution >= 0.6 is 0 Å². The molecule has 0 bridgehead atoms. The van der Waals surface area contributed by atoms with Crippen molar-refractivity contribution in [2.24, 2.45) is 5.92 Å². The molecule has 1 fully saturated rings. The molecule has 0 radical (unpaired) electrons. The van der Waals surface area contributed by atoms with E-state index in [0.717, 1.165) is 25.7 Å². The molecule has 0 saturated heterocycles. The number of hydrogen-bond donors (Lipinski definition) is 1. The van der Waals surface area contributed by atoms with Crippen LogP contribution in [0.4, 0.5) is 0 Å². The summed E-state index contributed by atoms with van der Waals surface area (Å²) in [4.78, 5) is 0. The van der Waals surface area contributed by atoms with E-state index in [4.69, 9.17) is 4.74 Å². The number of ether oxygens (including phenoxy) is 1. The summed E-state index contributed by atoms with van der Waals surface area (Å²) in [5.74, 6) is 0.801. The second-order valence-electron chi connectivity index (χ2n) is 5.32.